The Kier molecular flexibility index (Phi) is 7.91. The van der Waals surface area contributed by atoms with E-state index in [9.17, 15) is 4.79 Å². The second-order valence-electron chi connectivity index (χ2n) is 8.32. The molecule has 6 nitrogen and oxygen atoms in total. The Labute approximate surface area is 201 Å². The molecule has 1 aliphatic heterocycles. The number of piperidine rings is 1. The number of carbonyl (C=O) groups is 1. The van der Waals surface area contributed by atoms with Crippen molar-refractivity contribution in [1.29, 1.82) is 0 Å². The molecule has 1 aliphatic rings. The van der Waals surface area contributed by atoms with Gasteiger partial charge in [0.15, 0.2) is 6.40 Å². The number of ether oxygens (including phenoxy) is 1. The first kappa shape index (κ1) is 23.5. The molecule has 1 saturated heterocycles. The van der Waals surface area contributed by atoms with Gasteiger partial charge in [-0.2, -0.15) is 0 Å². The van der Waals surface area contributed by atoms with E-state index < -0.39 is 0 Å². The fourth-order valence-electron chi connectivity index (χ4n) is 4.34. The molecule has 0 saturated carbocycles. The number of aromatic nitrogens is 1. The Bertz CT molecular complexity index is 1060. The van der Waals surface area contributed by atoms with Crippen LogP contribution in [0.15, 0.2) is 77.8 Å². The highest BCUT2D eigenvalue weighted by Crippen LogP contribution is 2.32. The molecular weight excluding hydrogens is 424 g/mol. The molecule has 0 bridgehead atoms. The van der Waals surface area contributed by atoms with Gasteiger partial charge in [-0.15, -0.1) is 0 Å². The molecule has 0 spiro atoms. The SMILES string of the molecule is CCOC=Nc1ccc(C2CCCN(C(=O)N(c3ccccc3)c3ccccc3)C2)nc1CC. The van der Waals surface area contributed by atoms with Crippen molar-refractivity contribution in [2.24, 2.45) is 4.99 Å². The van der Waals surface area contributed by atoms with E-state index in [1.165, 1.54) is 6.40 Å². The minimum Gasteiger partial charge on any atom is -0.483 e. The number of para-hydroxylation sites is 2. The second-order valence-corrected chi connectivity index (χ2v) is 8.32. The van der Waals surface area contributed by atoms with Crippen molar-refractivity contribution in [3.63, 3.8) is 0 Å². The Morgan fingerprint density at radius 2 is 1.74 bits per heavy atom. The van der Waals surface area contributed by atoms with Crippen molar-refractivity contribution in [1.82, 2.24) is 9.88 Å². The van der Waals surface area contributed by atoms with E-state index in [0.29, 0.717) is 13.2 Å². The summed E-state index contributed by atoms with van der Waals surface area (Å²) in [5.41, 5.74) is 4.54. The van der Waals surface area contributed by atoms with E-state index in [4.69, 9.17) is 9.72 Å². The molecule has 2 aromatic carbocycles. The van der Waals surface area contributed by atoms with Gasteiger partial charge in [0.05, 0.1) is 29.4 Å². The van der Waals surface area contributed by atoms with Crippen molar-refractivity contribution in [3.8, 4) is 0 Å². The van der Waals surface area contributed by atoms with Gasteiger partial charge in [0.2, 0.25) is 0 Å². The molecule has 6 heteroatoms. The molecule has 176 valence electrons. The number of pyridine rings is 1. The van der Waals surface area contributed by atoms with Crippen molar-refractivity contribution < 1.29 is 9.53 Å². The van der Waals surface area contributed by atoms with Gasteiger partial charge < -0.3 is 9.64 Å². The molecule has 1 fully saturated rings. The highest BCUT2D eigenvalue weighted by atomic mass is 16.5. The second kappa shape index (κ2) is 11.5. The van der Waals surface area contributed by atoms with Crippen LogP contribution in [-0.2, 0) is 11.2 Å². The summed E-state index contributed by atoms with van der Waals surface area (Å²) in [6.07, 6.45) is 4.23. The standard InChI is InChI=1S/C28H32N4O2/c1-3-25-27(29-21-34-4-2)18-17-26(30-25)22-12-11-19-31(20-22)28(33)32(23-13-7-5-8-14-23)24-15-9-6-10-16-24/h5-10,13-18,21-22H,3-4,11-12,19-20H2,1-2H3. The molecule has 4 rings (SSSR count). The summed E-state index contributed by atoms with van der Waals surface area (Å²) in [5.74, 6) is 0.196. The number of likely N-dealkylation sites (tertiary alicyclic amines) is 1. The average molecular weight is 457 g/mol. The summed E-state index contributed by atoms with van der Waals surface area (Å²) in [6, 6.07) is 23.7. The maximum atomic E-state index is 13.8. The van der Waals surface area contributed by atoms with Gasteiger partial charge in [-0.25, -0.2) is 9.79 Å². The third-order valence-corrected chi connectivity index (χ3v) is 6.07. The van der Waals surface area contributed by atoms with Gasteiger partial charge in [0, 0.05) is 24.7 Å². The van der Waals surface area contributed by atoms with Crippen LogP contribution in [-0.4, -0.2) is 42.0 Å². The first-order valence-corrected chi connectivity index (χ1v) is 12.0. The maximum Gasteiger partial charge on any atom is 0.329 e. The van der Waals surface area contributed by atoms with Gasteiger partial charge in [0.25, 0.3) is 0 Å². The number of nitrogens with zero attached hydrogens (tertiary/aromatic N) is 4. The van der Waals surface area contributed by atoms with Crippen LogP contribution in [0.2, 0.25) is 0 Å². The minimum atomic E-state index is -0.00394. The lowest BCUT2D eigenvalue weighted by molar-refractivity contribution is 0.188. The quantitative estimate of drug-likeness (QED) is 0.302. The molecule has 0 aliphatic carbocycles. The van der Waals surface area contributed by atoms with E-state index in [1.807, 2.05) is 84.6 Å². The highest BCUT2D eigenvalue weighted by molar-refractivity contribution is 5.99. The summed E-state index contributed by atoms with van der Waals surface area (Å²) in [4.78, 5) is 26.9. The van der Waals surface area contributed by atoms with E-state index in [1.54, 1.807) is 4.90 Å². The predicted octanol–water partition coefficient (Wildman–Crippen LogP) is 6.48. The number of urea groups is 1. The first-order valence-electron chi connectivity index (χ1n) is 12.0. The molecule has 0 N–H and O–H groups in total. The van der Waals surface area contributed by atoms with Crippen molar-refractivity contribution in [3.05, 3.63) is 84.2 Å². The van der Waals surface area contributed by atoms with Crippen LogP contribution >= 0.6 is 0 Å². The Morgan fingerprint density at radius 1 is 1.06 bits per heavy atom. The number of aryl methyl sites for hydroxylation is 1. The monoisotopic (exact) mass is 456 g/mol. The molecule has 1 unspecified atom stereocenters. The fraction of sp³-hybridized carbons (Fsp3) is 0.321. The topological polar surface area (TPSA) is 58.0 Å². The van der Waals surface area contributed by atoms with Crippen LogP contribution in [0.25, 0.3) is 0 Å². The highest BCUT2D eigenvalue weighted by Gasteiger charge is 2.30. The zero-order valence-corrected chi connectivity index (χ0v) is 19.9. The normalized spacial score (nSPS) is 15.9. The molecule has 34 heavy (non-hydrogen) atoms. The Hall–Kier alpha value is -3.67. The largest absolute Gasteiger partial charge is 0.483 e. The van der Waals surface area contributed by atoms with E-state index in [-0.39, 0.29) is 11.9 Å². The van der Waals surface area contributed by atoms with Gasteiger partial charge in [0.1, 0.15) is 0 Å². The third-order valence-electron chi connectivity index (χ3n) is 6.07. The van der Waals surface area contributed by atoms with E-state index in [0.717, 1.165) is 54.3 Å². The lowest BCUT2D eigenvalue weighted by atomic mass is 9.94. The smallest absolute Gasteiger partial charge is 0.329 e. The van der Waals surface area contributed by atoms with Gasteiger partial charge >= 0.3 is 6.03 Å². The number of rotatable bonds is 7. The maximum absolute atomic E-state index is 13.8. The van der Waals surface area contributed by atoms with E-state index in [2.05, 4.69) is 11.9 Å². The summed E-state index contributed by atoms with van der Waals surface area (Å²) < 4.78 is 5.25. The molecule has 3 aromatic rings. The number of anilines is 2. The first-order chi connectivity index (χ1) is 16.7. The lowest BCUT2D eigenvalue weighted by Gasteiger charge is -2.36. The van der Waals surface area contributed by atoms with Crippen LogP contribution < -0.4 is 4.90 Å². The predicted molar refractivity (Wildman–Crippen MR) is 137 cm³/mol. The number of hydrogen-bond donors (Lipinski definition) is 0. The minimum absolute atomic E-state index is 0.00394. The van der Waals surface area contributed by atoms with Crippen LogP contribution in [0.3, 0.4) is 0 Å². The molecule has 2 heterocycles. The number of carbonyl (C=O) groups excluding carboxylic acids is 1. The molecule has 0 radical (unpaired) electrons. The van der Waals surface area contributed by atoms with E-state index >= 15 is 0 Å². The Balaban J connectivity index is 1.56. The van der Waals surface area contributed by atoms with Gasteiger partial charge in [-0.3, -0.25) is 9.88 Å². The number of hydrogen-bond acceptors (Lipinski definition) is 4. The summed E-state index contributed by atoms with van der Waals surface area (Å²) in [7, 11) is 0. The van der Waals surface area contributed by atoms with Gasteiger partial charge in [-0.1, -0.05) is 43.3 Å². The van der Waals surface area contributed by atoms with Crippen LogP contribution in [0, 0.1) is 0 Å². The summed E-state index contributed by atoms with van der Waals surface area (Å²) in [6.45, 7) is 5.99. The van der Waals surface area contributed by atoms with Crippen LogP contribution in [0.1, 0.15) is 44.0 Å². The number of amides is 2. The lowest BCUT2D eigenvalue weighted by Crippen LogP contribution is -2.45. The molecule has 2 amide bonds. The van der Waals surface area contributed by atoms with Crippen LogP contribution in [0.5, 0.6) is 0 Å². The number of aliphatic imine (C=N–C) groups is 1. The van der Waals surface area contributed by atoms with Crippen LogP contribution in [0.4, 0.5) is 21.9 Å². The zero-order chi connectivity index (χ0) is 23.8. The van der Waals surface area contributed by atoms with Gasteiger partial charge in [-0.05, 0) is 62.6 Å². The summed E-state index contributed by atoms with van der Waals surface area (Å²) >= 11 is 0. The molecule has 1 aromatic heterocycles. The number of benzene rings is 2. The van der Waals surface area contributed by atoms with Crippen molar-refractivity contribution in [2.45, 2.75) is 39.0 Å². The zero-order valence-electron chi connectivity index (χ0n) is 19.9. The Morgan fingerprint density at radius 3 is 2.35 bits per heavy atom. The fourth-order valence-corrected chi connectivity index (χ4v) is 4.34. The third kappa shape index (κ3) is 5.45. The average Bonchev–Trinajstić information content (AvgIpc) is 2.90. The molecule has 1 atom stereocenters. The summed E-state index contributed by atoms with van der Waals surface area (Å²) in [5, 5.41) is 0. The van der Waals surface area contributed by atoms with Crippen molar-refractivity contribution in [2.75, 3.05) is 24.6 Å². The van der Waals surface area contributed by atoms with Crippen molar-refractivity contribution >= 4 is 29.5 Å². The molecular formula is C28H32N4O2.